The Morgan fingerprint density at radius 3 is 2.56 bits per heavy atom. The van der Waals surface area contributed by atoms with Crippen molar-refractivity contribution in [2.24, 2.45) is 5.92 Å². The molecule has 0 aromatic heterocycles. The van der Waals surface area contributed by atoms with E-state index in [2.05, 4.69) is 0 Å². The van der Waals surface area contributed by atoms with Crippen molar-refractivity contribution in [2.75, 3.05) is 0 Å². The first kappa shape index (κ1) is 11.4. The molecule has 2 unspecified atom stereocenters. The van der Waals surface area contributed by atoms with Crippen LogP contribution in [0.3, 0.4) is 0 Å². The molecule has 0 radical (unpaired) electrons. The van der Waals surface area contributed by atoms with E-state index in [4.69, 9.17) is 0 Å². The third-order valence-corrected chi connectivity index (χ3v) is 3.75. The molecule has 0 heterocycles. The van der Waals surface area contributed by atoms with Gasteiger partial charge in [-0.05, 0) is 35.1 Å². The van der Waals surface area contributed by atoms with E-state index in [9.17, 15) is 9.50 Å². The second-order valence-corrected chi connectivity index (χ2v) is 4.98. The number of hydrogen-bond acceptors (Lipinski definition) is 1. The van der Waals surface area contributed by atoms with E-state index in [0.29, 0.717) is 5.56 Å². The Kier molecular flexibility index (Phi) is 2.67. The van der Waals surface area contributed by atoms with Crippen molar-refractivity contribution in [1.29, 1.82) is 0 Å². The number of hydrogen-bond donors (Lipinski definition) is 1. The van der Waals surface area contributed by atoms with Crippen LogP contribution >= 0.6 is 0 Å². The maximum atomic E-state index is 13.9. The van der Waals surface area contributed by atoms with E-state index in [0.717, 1.165) is 23.1 Å². The molecular weight excluding hydrogens is 227 g/mol. The molecule has 0 bridgehead atoms. The Hall–Kier alpha value is -1.67. The highest BCUT2D eigenvalue weighted by atomic mass is 19.1. The van der Waals surface area contributed by atoms with Crippen molar-refractivity contribution in [3.8, 4) is 11.1 Å². The summed E-state index contributed by atoms with van der Waals surface area (Å²) in [6, 6.07) is 13.2. The minimum atomic E-state index is -0.677. The van der Waals surface area contributed by atoms with E-state index in [1.165, 1.54) is 6.07 Å². The van der Waals surface area contributed by atoms with Crippen LogP contribution in [0.25, 0.3) is 11.1 Å². The molecule has 2 aromatic carbocycles. The van der Waals surface area contributed by atoms with Gasteiger partial charge in [0.25, 0.3) is 0 Å². The number of aliphatic hydroxyl groups is 1. The van der Waals surface area contributed by atoms with E-state index in [1.807, 2.05) is 43.3 Å². The SMILES string of the molecule is CC1Cc2c(-c3ccccc3)ccc(F)c2C1O. The van der Waals surface area contributed by atoms with Gasteiger partial charge in [-0.15, -0.1) is 0 Å². The maximum Gasteiger partial charge on any atom is 0.129 e. The largest absolute Gasteiger partial charge is 0.388 e. The van der Waals surface area contributed by atoms with Crippen LogP contribution in [-0.2, 0) is 6.42 Å². The summed E-state index contributed by atoms with van der Waals surface area (Å²) in [6.45, 7) is 1.96. The third kappa shape index (κ3) is 1.65. The molecule has 1 nitrogen and oxygen atoms in total. The van der Waals surface area contributed by atoms with Gasteiger partial charge in [-0.25, -0.2) is 4.39 Å². The van der Waals surface area contributed by atoms with Gasteiger partial charge in [-0.1, -0.05) is 43.3 Å². The van der Waals surface area contributed by atoms with Crippen LogP contribution < -0.4 is 0 Å². The van der Waals surface area contributed by atoms with Crippen molar-refractivity contribution in [1.82, 2.24) is 0 Å². The van der Waals surface area contributed by atoms with Gasteiger partial charge in [0, 0.05) is 5.56 Å². The Morgan fingerprint density at radius 2 is 1.83 bits per heavy atom. The average Bonchev–Trinajstić information content (AvgIpc) is 2.68. The van der Waals surface area contributed by atoms with E-state index < -0.39 is 6.10 Å². The summed E-state index contributed by atoms with van der Waals surface area (Å²) in [5.41, 5.74) is 3.57. The molecule has 0 saturated heterocycles. The van der Waals surface area contributed by atoms with Gasteiger partial charge in [0.15, 0.2) is 0 Å². The fraction of sp³-hybridized carbons (Fsp3) is 0.250. The molecule has 2 atom stereocenters. The molecule has 0 amide bonds. The summed E-state index contributed by atoms with van der Waals surface area (Å²) >= 11 is 0. The first-order chi connectivity index (χ1) is 8.68. The van der Waals surface area contributed by atoms with E-state index >= 15 is 0 Å². The second kappa shape index (κ2) is 4.21. The van der Waals surface area contributed by atoms with Gasteiger partial charge in [0.05, 0.1) is 6.10 Å². The molecule has 3 rings (SSSR count). The molecule has 1 N–H and O–H groups in total. The Balaban J connectivity index is 2.21. The zero-order valence-corrected chi connectivity index (χ0v) is 10.2. The lowest BCUT2D eigenvalue weighted by Gasteiger charge is -2.11. The summed E-state index contributed by atoms with van der Waals surface area (Å²) in [6.07, 6.45) is 0.0574. The fourth-order valence-corrected chi connectivity index (χ4v) is 2.78. The number of halogens is 1. The van der Waals surface area contributed by atoms with Crippen LogP contribution in [0.2, 0.25) is 0 Å². The number of fused-ring (bicyclic) bond motifs is 1. The zero-order chi connectivity index (χ0) is 12.7. The van der Waals surface area contributed by atoms with Crippen LogP contribution in [0.1, 0.15) is 24.2 Å². The molecule has 0 saturated carbocycles. The van der Waals surface area contributed by atoms with Gasteiger partial charge < -0.3 is 5.11 Å². The average molecular weight is 242 g/mol. The van der Waals surface area contributed by atoms with Gasteiger partial charge >= 0.3 is 0 Å². The summed E-state index contributed by atoms with van der Waals surface area (Å²) < 4.78 is 13.9. The Bertz CT molecular complexity index is 577. The van der Waals surface area contributed by atoms with Crippen molar-refractivity contribution < 1.29 is 9.50 Å². The maximum absolute atomic E-state index is 13.9. The molecular formula is C16H15FO. The van der Waals surface area contributed by atoms with E-state index in [1.54, 1.807) is 0 Å². The van der Waals surface area contributed by atoms with E-state index in [-0.39, 0.29) is 11.7 Å². The van der Waals surface area contributed by atoms with Crippen molar-refractivity contribution in [2.45, 2.75) is 19.4 Å². The fourth-order valence-electron chi connectivity index (χ4n) is 2.78. The van der Waals surface area contributed by atoms with Crippen LogP contribution in [0.15, 0.2) is 42.5 Å². The number of aliphatic hydroxyl groups excluding tert-OH is 1. The normalized spacial score (nSPS) is 21.9. The molecule has 18 heavy (non-hydrogen) atoms. The second-order valence-electron chi connectivity index (χ2n) is 4.98. The topological polar surface area (TPSA) is 20.2 Å². The summed E-state index contributed by atoms with van der Waals surface area (Å²) in [5.74, 6) is -0.208. The molecule has 1 aliphatic carbocycles. The minimum absolute atomic E-state index is 0.0827. The first-order valence-electron chi connectivity index (χ1n) is 6.23. The minimum Gasteiger partial charge on any atom is -0.388 e. The lowest BCUT2D eigenvalue weighted by Crippen LogP contribution is -2.02. The lowest BCUT2D eigenvalue weighted by molar-refractivity contribution is 0.129. The predicted octanol–water partition coefficient (Wildman–Crippen LogP) is 3.72. The van der Waals surface area contributed by atoms with Crippen LogP contribution in [0.5, 0.6) is 0 Å². The highest BCUT2D eigenvalue weighted by Gasteiger charge is 2.32. The quantitative estimate of drug-likeness (QED) is 0.808. The highest BCUT2D eigenvalue weighted by molar-refractivity contribution is 5.70. The van der Waals surface area contributed by atoms with Crippen molar-refractivity contribution in [3.05, 3.63) is 59.4 Å². The zero-order valence-electron chi connectivity index (χ0n) is 10.2. The van der Waals surface area contributed by atoms with Gasteiger partial charge in [-0.2, -0.15) is 0 Å². The number of benzene rings is 2. The molecule has 2 heteroatoms. The predicted molar refractivity (Wildman–Crippen MR) is 69.7 cm³/mol. The highest BCUT2D eigenvalue weighted by Crippen LogP contribution is 2.42. The summed E-state index contributed by atoms with van der Waals surface area (Å²) in [7, 11) is 0. The molecule has 2 aromatic rings. The standard InChI is InChI=1S/C16H15FO/c1-10-9-13-12(11-5-3-2-4-6-11)7-8-14(17)15(13)16(10)18/h2-8,10,16,18H,9H2,1H3. The van der Waals surface area contributed by atoms with Crippen LogP contribution in [0.4, 0.5) is 4.39 Å². The van der Waals surface area contributed by atoms with Gasteiger partial charge in [0.1, 0.15) is 5.82 Å². The molecule has 0 aliphatic heterocycles. The van der Waals surface area contributed by atoms with Gasteiger partial charge in [0.2, 0.25) is 0 Å². The monoisotopic (exact) mass is 242 g/mol. The van der Waals surface area contributed by atoms with Crippen LogP contribution in [0, 0.1) is 11.7 Å². The smallest absolute Gasteiger partial charge is 0.129 e. The molecule has 0 fully saturated rings. The molecule has 0 spiro atoms. The third-order valence-electron chi connectivity index (χ3n) is 3.75. The van der Waals surface area contributed by atoms with Gasteiger partial charge in [-0.3, -0.25) is 0 Å². The van der Waals surface area contributed by atoms with Crippen LogP contribution in [-0.4, -0.2) is 5.11 Å². The summed E-state index contributed by atoms with van der Waals surface area (Å²) in [5, 5.41) is 10.1. The first-order valence-corrected chi connectivity index (χ1v) is 6.23. The van der Waals surface area contributed by atoms with Crippen molar-refractivity contribution in [3.63, 3.8) is 0 Å². The Morgan fingerprint density at radius 1 is 1.11 bits per heavy atom. The van der Waals surface area contributed by atoms with Crippen molar-refractivity contribution >= 4 is 0 Å². The summed E-state index contributed by atoms with van der Waals surface area (Å²) in [4.78, 5) is 0. The Labute approximate surface area is 106 Å². The molecule has 92 valence electrons. The number of rotatable bonds is 1. The molecule has 1 aliphatic rings. The lowest BCUT2D eigenvalue weighted by atomic mass is 9.96.